The Labute approximate surface area is 167 Å². The highest BCUT2D eigenvalue weighted by atomic mass is 35.5. The summed E-state index contributed by atoms with van der Waals surface area (Å²) in [5.41, 5.74) is 6.09. The van der Waals surface area contributed by atoms with Crippen LogP contribution in [0.2, 0.25) is 5.02 Å². The van der Waals surface area contributed by atoms with Crippen molar-refractivity contribution in [1.29, 1.82) is 0 Å². The van der Waals surface area contributed by atoms with Crippen LogP contribution in [0.5, 0.6) is 11.5 Å². The number of nitrogens with zero attached hydrogens (tertiary/aromatic N) is 1. The molecule has 0 unspecified atom stereocenters. The average Bonchev–Trinajstić information content (AvgIpc) is 2.45. The van der Waals surface area contributed by atoms with Crippen molar-refractivity contribution in [3.8, 4) is 11.5 Å². The van der Waals surface area contributed by atoms with Crippen LogP contribution in [0.1, 0.15) is 18.9 Å². The topological polar surface area (TPSA) is 76.8 Å². The number of ether oxygens (including phenoxy) is 2. The summed E-state index contributed by atoms with van der Waals surface area (Å²) in [7, 11) is 4.11. The van der Waals surface area contributed by atoms with Crippen LogP contribution in [0.3, 0.4) is 0 Å². The fraction of sp³-hybridized carbons (Fsp3) is 0.562. The first-order valence-electron chi connectivity index (χ1n) is 7.65. The largest absolute Gasteiger partial charge is 0.490 e. The normalized spacial score (nSPS) is 9.96. The van der Waals surface area contributed by atoms with E-state index >= 15 is 0 Å². The molecule has 0 saturated heterocycles. The van der Waals surface area contributed by atoms with Crippen LogP contribution in [0.4, 0.5) is 0 Å². The lowest BCUT2D eigenvalue weighted by Crippen LogP contribution is -2.21. The summed E-state index contributed by atoms with van der Waals surface area (Å²) in [6, 6.07) is 3.67. The van der Waals surface area contributed by atoms with E-state index in [2.05, 4.69) is 24.3 Å². The fourth-order valence-electron chi connectivity index (χ4n) is 2.02. The molecule has 0 aliphatic heterocycles. The third kappa shape index (κ3) is 10.6. The minimum absolute atomic E-state index is 0. The Kier molecular flexibility index (Phi) is 15.0. The lowest BCUT2D eigenvalue weighted by molar-refractivity contribution is -0.119. The van der Waals surface area contributed by atoms with E-state index in [9.17, 15) is 4.79 Å². The molecule has 0 bridgehead atoms. The molecule has 0 atom stereocenters. The number of nitrogens with one attached hydrogen (secondary N) is 1. The summed E-state index contributed by atoms with van der Waals surface area (Å²) in [5, 5.41) is 3.77. The predicted octanol–water partition coefficient (Wildman–Crippen LogP) is 2.49. The Balaban J connectivity index is 0. The Bertz CT molecular complexity index is 517. The third-order valence-electron chi connectivity index (χ3n) is 3.02. The molecule has 146 valence electrons. The summed E-state index contributed by atoms with van der Waals surface area (Å²) >= 11 is 6.24. The van der Waals surface area contributed by atoms with Crippen molar-refractivity contribution >= 4 is 42.3 Å². The number of hydrogen-bond donors (Lipinski definition) is 2. The number of nitrogens with two attached hydrogens (primary N) is 1. The van der Waals surface area contributed by atoms with E-state index < -0.39 is 5.91 Å². The molecule has 25 heavy (non-hydrogen) atoms. The van der Waals surface area contributed by atoms with Crippen LogP contribution in [-0.2, 0) is 11.3 Å². The van der Waals surface area contributed by atoms with Gasteiger partial charge in [0.1, 0.15) is 0 Å². The second kappa shape index (κ2) is 14.3. The van der Waals surface area contributed by atoms with Crippen LogP contribution in [0, 0.1) is 0 Å². The molecule has 0 heterocycles. The summed E-state index contributed by atoms with van der Waals surface area (Å²) in [5.74, 6) is 0.310. The SMILES string of the molecule is CCOc1cc(CNCCCN(C)C)cc(Cl)c1OCC(N)=O.Cl.Cl. The van der Waals surface area contributed by atoms with Crippen molar-refractivity contribution in [2.75, 3.05) is 40.4 Å². The quantitative estimate of drug-likeness (QED) is 0.542. The monoisotopic (exact) mass is 415 g/mol. The van der Waals surface area contributed by atoms with Crippen molar-refractivity contribution in [3.63, 3.8) is 0 Å². The zero-order chi connectivity index (χ0) is 17.2. The van der Waals surface area contributed by atoms with Crippen molar-refractivity contribution in [2.45, 2.75) is 19.9 Å². The van der Waals surface area contributed by atoms with Crippen LogP contribution in [0.25, 0.3) is 0 Å². The maximum Gasteiger partial charge on any atom is 0.255 e. The van der Waals surface area contributed by atoms with Crippen molar-refractivity contribution in [2.24, 2.45) is 5.73 Å². The lowest BCUT2D eigenvalue weighted by atomic mass is 10.2. The summed E-state index contributed by atoms with van der Waals surface area (Å²) < 4.78 is 10.9. The Morgan fingerprint density at radius 3 is 2.52 bits per heavy atom. The molecule has 0 fully saturated rings. The molecule has 0 saturated carbocycles. The lowest BCUT2D eigenvalue weighted by Gasteiger charge is -2.15. The highest BCUT2D eigenvalue weighted by molar-refractivity contribution is 6.32. The maximum atomic E-state index is 10.9. The number of amides is 1. The molecule has 0 aliphatic rings. The van der Waals surface area contributed by atoms with Gasteiger partial charge in [0, 0.05) is 6.54 Å². The number of hydrogen-bond acceptors (Lipinski definition) is 5. The standard InChI is InChI=1S/C16H26ClN3O3.2ClH/c1-4-22-14-9-12(10-19-6-5-7-20(2)3)8-13(17)16(14)23-11-15(18)21;;/h8-9,19H,4-7,10-11H2,1-3H3,(H2,18,21);2*1H. The summed E-state index contributed by atoms with van der Waals surface area (Å²) in [6.45, 7) is 4.75. The molecule has 1 rings (SSSR count). The minimum atomic E-state index is -0.560. The third-order valence-corrected chi connectivity index (χ3v) is 3.30. The Morgan fingerprint density at radius 2 is 1.96 bits per heavy atom. The van der Waals surface area contributed by atoms with Gasteiger partial charge in [-0.05, 0) is 58.2 Å². The van der Waals surface area contributed by atoms with E-state index in [-0.39, 0.29) is 31.4 Å². The highest BCUT2D eigenvalue weighted by Gasteiger charge is 2.13. The predicted molar refractivity (Wildman–Crippen MR) is 107 cm³/mol. The molecule has 1 aromatic rings. The van der Waals surface area contributed by atoms with Crippen molar-refractivity contribution < 1.29 is 14.3 Å². The molecule has 1 aromatic carbocycles. The van der Waals surface area contributed by atoms with E-state index in [1.54, 1.807) is 6.07 Å². The zero-order valence-corrected chi connectivity index (χ0v) is 17.2. The van der Waals surface area contributed by atoms with Gasteiger partial charge in [0.05, 0.1) is 11.6 Å². The van der Waals surface area contributed by atoms with Gasteiger partial charge >= 0.3 is 0 Å². The second-order valence-electron chi connectivity index (χ2n) is 5.43. The molecule has 6 nitrogen and oxygen atoms in total. The molecule has 3 N–H and O–H groups in total. The Morgan fingerprint density at radius 1 is 1.28 bits per heavy atom. The van der Waals surface area contributed by atoms with Gasteiger partial charge in [-0.1, -0.05) is 11.6 Å². The minimum Gasteiger partial charge on any atom is -0.490 e. The average molecular weight is 417 g/mol. The van der Waals surface area contributed by atoms with Gasteiger partial charge in [0.15, 0.2) is 18.1 Å². The van der Waals surface area contributed by atoms with Crippen molar-refractivity contribution in [3.05, 3.63) is 22.7 Å². The van der Waals surface area contributed by atoms with Gasteiger partial charge in [-0.15, -0.1) is 24.8 Å². The van der Waals surface area contributed by atoms with Gasteiger partial charge in [-0.3, -0.25) is 4.79 Å². The van der Waals surface area contributed by atoms with Gasteiger partial charge in [-0.25, -0.2) is 0 Å². The van der Waals surface area contributed by atoms with E-state index in [0.717, 1.165) is 25.1 Å². The smallest absolute Gasteiger partial charge is 0.255 e. The second-order valence-corrected chi connectivity index (χ2v) is 5.83. The van der Waals surface area contributed by atoms with Crippen LogP contribution in [0.15, 0.2) is 12.1 Å². The number of halogens is 3. The Hall–Kier alpha value is -0.920. The van der Waals surface area contributed by atoms with Crippen LogP contribution in [-0.4, -0.2) is 51.2 Å². The molecule has 0 aliphatic carbocycles. The summed E-state index contributed by atoms with van der Waals surface area (Å²) in [6.07, 6.45) is 1.07. The number of carbonyl (C=O) groups is 1. The number of rotatable bonds is 11. The van der Waals surface area contributed by atoms with E-state index in [1.807, 2.05) is 13.0 Å². The molecule has 0 aromatic heterocycles. The van der Waals surface area contributed by atoms with E-state index in [4.69, 9.17) is 26.8 Å². The highest BCUT2D eigenvalue weighted by Crippen LogP contribution is 2.36. The molecule has 9 heteroatoms. The first kappa shape index (κ1) is 26.3. The number of carbonyl (C=O) groups excluding carboxylic acids is 1. The number of primary amides is 1. The molecule has 1 amide bonds. The molecule has 0 spiro atoms. The first-order chi connectivity index (χ1) is 10.9. The van der Waals surface area contributed by atoms with E-state index in [0.29, 0.717) is 29.7 Å². The van der Waals surface area contributed by atoms with Gasteiger partial charge in [0.25, 0.3) is 5.91 Å². The van der Waals surface area contributed by atoms with Gasteiger partial charge < -0.3 is 25.4 Å². The first-order valence-corrected chi connectivity index (χ1v) is 8.03. The maximum absolute atomic E-state index is 10.9. The molecular formula is C16H28Cl3N3O3. The van der Waals surface area contributed by atoms with Crippen LogP contribution < -0.4 is 20.5 Å². The van der Waals surface area contributed by atoms with Crippen molar-refractivity contribution in [1.82, 2.24) is 10.2 Å². The van der Waals surface area contributed by atoms with E-state index in [1.165, 1.54) is 0 Å². The molecular weight excluding hydrogens is 389 g/mol. The fourth-order valence-corrected chi connectivity index (χ4v) is 2.31. The van der Waals surface area contributed by atoms with Gasteiger partial charge in [-0.2, -0.15) is 0 Å². The number of benzene rings is 1. The van der Waals surface area contributed by atoms with Gasteiger partial charge in [0.2, 0.25) is 0 Å². The zero-order valence-electron chi connectivity index (χ0n) is 14.8. The van der Waals surface area contributed by atoms with Crippen LogP contribution >= 0.6 is 36.4 Å². The molecule has 0 radical (unpaired) electrons. The summed E-state index contributed by atoms with van der Waals surface area (Å²) in [4.78, 5) is 13.0.